The summed E-state index contributed by atoms with van der Waals surface area (Å²) in [7, 11) is 0. The van der Waals surface area contributed by atoms with Crippen molar-refractivity contribution >= 4 is 0 Å². The first-order valence-electron chi connectivity index (χ1n) is 7.35. The zero-order valence-corrected chi connectivity index (χ0v) is 12.3. The second kappa shape index (κ2) is 7.04. The van der Waals surface area contributed by atoms with Gasteiger partial charge in [0.05, 0.1) is 13.2 Å². The van der Waals surface area contributed by atoms with E-state index in [4.69, 9.17) is 4.74 Å². The monoisotopic (exact) mass is 262 g/mol. The van der Waals surface area contributed by atoms with Gasteiger partial charge >= 0.3 is 0 Å². The molecule has 0 bridgehead atoms. The number of likely N-dealkylation sites (N-methyl/N-ethyl adjacent to an activating group) is 1. The summed E-state index contributed by atoms with van der Waals surface area (Å²) < 4.78 is 5.55. The molecule has 1 aromatic carbocycles. The van der Waals surface area contributed by atoms with Crippen LogP contribution in [-0.4, -0.2) is 43.3 Å². The summed E-state index contributed by atoms with van der Waals surface area (Å²) in [4.78, 5) is 2.56. The molecule has 0 saturated carbocycles. The van der Waals surface area contributed by atoms with Crippen molar-refractivity contribution in [3.8, 4) is 0 Å². The number of nitrogens with zero attached hydrogens (tertiary/aromatic N) is 1. The van der Waals surface area contributed by atoms with E-state index in [0.717, 1.165) is 26.3 Å². The molecule has 0 amide bonds. The summed E-state index contributed by atoms with van der Waals surface area (Å²) in [5.41, 5.74) is 1.37. The molecule has 1 N–H and O–H groups in total. The summed E-state index contributed by atoms with van der Waals surface area (Å²) in [6, 6.07) is 12.1. The number of rotatable bonds is 5. The molecule has 106 valence electrons. The molecule has 1 saturated heterocycles. The molecule has 3 unspecified atom stereocenters. The van der Waals surface area contributed by atoms with Crippen LogP contribution in [0.5, 0.6) is 0 Å². The van der Waals surface area contributed by atoms with E-state index in [-0.39, 0.29) is 0 Å². The van der Waals surface area contributed by atoms with Crippen LogP contribution in [0.3, 0.4) is 0 Å². The number of hydrogen-bond donors (Lipinski definition) is 1. The quantitative estimate of drug-likeness (QED) is 0.882. The number of benzene rings is 1. The zero-order valence-electron chi connectivity index (χ0n) is 12.3. The third-order valence-electron chi connectivity index (χ3n) is 4.01. The molecule has 1 aromatic rings. The standard InChI is InChI=1S/C16H26N2O/c1-4-17-16(15-8-6-5-7-9-15)14(3)18-10-11-19-12-13(18)2/h5-9,13-14,16-17H,4,10-12H2,1-3H3. The van der Waals surface area contributed by atoms with Crippen LogP contribution in [0.2, 0.25) is 0 Å². The van der Waals surface area contributed by atoms with Crippen molar-refractivity contribution in [3.63, 3.8) is 0 Å². The highest BCUT2D eigenvalue weighted by atomic mass is 16.5. The van der Waals surface area contributed by atoms with E-state index in [2.05, 4.69) is 61.3 Å². The van der Waals surface area contributed by atoms with Crippen LogP contribution in [-0.2, 0) is 4.74 Å². The molecule has 1 fully saturated rings. The minimum absolute atomic E-state index is 0.381. The van der Waals surface area contributed by atoms with Gasteiger partial charge in [-0.05, 0) is 26.0 Å². The molecule has 1 heterocycles. The molecular weight excluding hydrogens is 236 g/mol. The van der Waals surface area contributed by atoms with Gasteiger partial charge in [-0.2, -0.15) is 0 Å². The van der Waals surface area contributed by atoms with Crippen molar-refractivity contribution in [1.82, 2.24) is 10.2 Å². The molecule has 3 nitrogen and oxygen atoms in total. The molecule has 1 aliphatic rings. The maximum atomic E-state index is 5.55. The Labute approximate surface area is 116 Å². The van der Waals surface area contributed by atoms with Crippen molar-refractivity contribution in [1.29, 1.82) is 0 Å². The third kappa shape index (κ3) is 3.56. The van der Waals surface area contributed by atoms with Crippen LogP contribution >= 0.6 is 0 Å². The van der Waals surface area contributed by atoms with Gasteiger partial charge in [0.25, 0.3) is 0 Å². The molecule has 2 rings (SSSR count). The van der Waals surface area contributed by atoms with Gasteiger partial charge in [-0.1, -0.05) is 37.3 Å². The predicted molar refractivity (Wildman–Crippen MR) is 79.3 cm³/mol. The van der Waals surface area contributed by atoms with E-state index in [0.29, 0.717) is 18.1 Å². The molecule has 0 aromatic heterocycles. The van der Waals surface area contributed by atoms with Crippen LogP contribution in [0.4, 0.5) is 0 Å². The first kappa shape index (κ1) is 14.5. The van der Waals surface area contributed by atoms with Gasteiger partial charge in [0.15, 0.2) is 0 Å². The first-order valence-corrected chi connectivity index (χ1v) is 7.35. The minimum atomic E-state index is 0.381. The maximum absolute atomic E-state index is 5.55. The van der Waals surface area contributed by atoms with E-state index >= 15 is 0 Å². The van der Waals surface area contributed by atoms with Gasteiger partial charge in [-0.3, -0.25) is 4.90 Å². The Hall–Kier alpha value is -0.900. The fourth-order valence-electron chi connectivity index (χ4n) is 2.98. The highest BCUT2D eigenvalue weighted by Gasteiger charge is 2.29. The smallest absolute Gasteiger partial charge is 0.0619 e. The van der Waals surface area contributed by atoms with Crippen molar-refractivity contribution in [3.05, 3.63) is 35.9 Å². The molecule has 0 radical (unpaired) electrons. The second-order valence-electron chi connectivity index (χ2n) is 5.35. The third-order valence-corrected chi connectivity index (χ3v) is 4.01. The average Bonchev–Trinajstić information content (AvgIpc) is 2.45. The summed E-state index contributed by atoms with van der Waals surface area (Å²) in [6.07, 6.45) is 0. The number of morpholine rings is 1. The summed E-state index contributed by atoms with van der Waals surface area (Å²) in [6.45, 7) is 10.5. The maximum Gasteiger partial charge on any atom is 0.0619 e. The van der Waals surface area contributed by atoms with Crippen LogP contribution < -0.4 is 5.32 Å². The largest absolute Gasteiger partial charge is 0.379 e. The summed E-state index contributed by atoms with van der Waals surface area (Å²) in [5.74, 6) is 0. The van der Waals surface area contributed by atoms with E-state index in [1.54, 1.807) is 0 Å². The highest BCUT2D eigenvalue weighted by Crippen LogP contribution is 2.23. The van der Waals surface area contributed by atoms with Crippen molar-refractivity contribution < 1.29 is 4.74 Å². The van der Waals surface area contributed by atoms with Gasteiger partial charge in [-0.25, -0.2) is 0 Å². The Kier molecular flexibility index (Phi) is 5.37. The lowest BCUT2D eigenvalue weighted by molar-refractivity contribution is -0.0258. The normalized spacial score (nSPS) is 24.1. The average molecular weight is 262 g/mol. The van der Waals surface area contributed by atoms with Gasteiger partial charge in [0.1, 0.15) is 0 Å². The van der Waals surface area contributed by atoms with Gasteiger partial charge < -0.3 is 10.1 Å². The molecule has 19 heavy (non-hydrogen) atoms. The molecule has 1 aliphatic heterocycles. The molecule has 3 heteroatoms. The number of hydrogen-bond acceptors (Lipinski definition) is 3. The van der Waals surface area contributed by atoms with Gasteiger partial charge in [0.2, 0.25) is 0 Å². The first-order chi connectivity index (χ1) is 9.24. The lowest BCUT2D eigenvalue weighted by atomic mass is 9.97. The topological polar surface area (TPSA) is 24.5 Å². The SMILES string of the molecule is CCNC(c1ccccc1)C(C)N1CCOCC1C. The minimum Gasteiger partial charge on any atom is -0.379 e. The fraction of sp³-hybridized carbons (Fsp3) is 0.625. The lowest BCUT2D eigenvalue weighted by Gasteiger charge is -2.41. The second-order valence-corrected chi connectivity index (χ2v) is 5.35. The Bertz CT molecular complexity index is 368. The summed E-state index contributed by atoms with van der Waals surface area (Å²) in [5, 5.41) is 3.63. The summed E-state index contributed by atoms with van der Waals surface area (Å²) >= 11 is 0. The Balaban J connectivity index is 2.14. The van der Waals surface area contributed by atoms with Crippen LogP contribution in [0.15, 0.2) is 30.3 Å². The van der Waals surface area contributed by atoms with E-state index in [9.17, 15) is 0 Å². The number of ether oxygens (including phenoxy) is 1. The van der Waals surface area contributed by atoms with Crippen molar-refractivity contribution in [2.45, 2.75) is 38.9 Å². The molecular formula is C16H26N2O. The predicted octanol–water partition coefficient (Wildman–Crippen LogP) is 2.45. The van der Waals surface area contributed by atoms with Crippen molar-refractivity contribution in [2.24, 2.45) is 0 Å². The van der Waals surface area contributed by atoms with E-state index < -0.39 is 0 Å². The molecule has 0 aliphatic carbocycles. The Morgan fingerprint density at radius 2 is 2.11 bits per heavy atom. The lowest BCUT2D eigenvalue weighted by Crippen LogP contribution is -2.52. The van der Waals surface area contributed by atoms with Crippen LogP contribution in [0.1, 0.15) is 32.4 Å². The van der Waals surface area contributed by atoms with Crippen LogP contribution in [0.25, 0.3) is 0 Å². The molecule has 3 atom stereocenters. The van der Waals surface area contributed by atoms with Gasteiger partial charge in [-0.15, -0.1) is 0 Å². The fourth-order valence-corrected chi connectivity index (χ4v) is 2.98. The Morgan fingerprint density at radius 1 is 1.37 bits per heavy atom. The van der Waals surface area contributed by atoms with E-state index in [1.165, 1.54) is 5.56 Å². The molecule has 0 spiro atoms. The Morgan fingerprint density at radius 3 is 2.74 bits per heavy atom. The number of nitrogens with one attached hydrogen (secondary N) is 1. The van der Waals surface area contributed by atoms with Crippen molar-refractivity contribution in [2.75, 3.05) is 26.3 Å². The highest BCUT2D eigenvalue weighted by molar-refractivity contribution is 5.20. The van der Waals surface area contributed by atoms with E-state index in [1.807, 2.05) is 0 Å². The van der Waals surface area contributed by atoms with Gasteiger partial charge in [0, 0.05) is 24.7 Å². The zero-order chi connectivity index (χ0) is 13.7. The van der Waals surface area contributed by atoms with Crippen LogP contribution in [0, 0.1) is 0 Å².